The topological polar surface area (TPSA) is 187 Å². The fourth-order valence-corrected chi connectivity index (χ4v) is 6.83. The molecule has 2 saturated carbocycles. The van der Waals surface area contributed by atoms with Gasteiger partial charge in [0.05, 0.1) is 17.5 Å². The van der Waals surface area contributed by atoms with Crippen LogP contribution in [0.15, 0.2) is 36.4 Å². The van der Waals surface area contributed by atoms with Gasteiger partial charge in [-0.3, -0.25) is 28.9 Å². The minimum absolute atomic E-state index is 0.00962. The van der Waals surface area contributed by atoms with Gasteiger partial charge in [0, 0.05) is 24.6 Å². The molecule has 3 aliphatic carbocycles. The summed E-state index contributed by atoms with van der Waals surface area (Å²) in [6.07, 6.45) is 0.179. The maximum atomic E-state index is 13.9. The van der Waals surface area contributed by atoms with Crippen molar-refractivity contribution < 1.29 is 39.3 Å². The van der Waals surface area contributed by atoms with Crippen LogP contribution in [0.25, 0.3) is 0 Å². The van der Waals surface area contributed by atoms with E-state index < -0.39 is 64.4 Å². The molecule has 0 saturated heterocycles. The smallest absolute Gasteiger partial charge is 0.235 e. The highest BCUT2D eigenvalue weighted by atomic mass is 16.3. The molecule has 0 aliphatic heterocycles. The summed E-state index contributed by atoms with van der Waals surface area (Å²) < 4.78 is 0. The van der Waals surface area contributed by atoms with Crippen LogP contribution in [0.1, 0.15) is 33.5 Å². The molecule has 2 aromatic rings. The molecule has 0 aromatic heterocycles. The Morgan fingerprint density at radius 1 is 1.00 bits per heavy atom. The number of nitrogens with zero attached hydrogens (tertiary/aromatic N) is 1. The number of likely N-dealkylation sites (N-methyl/N-ethyl adjacent to an activating group) is 1. The number of ketones is 4. The lowest BCUT2D eigenvalue weighted by Crippen LogP contribution is -2.74. The van der Waals surface area contributed by atoms with Gasteiger partial charge in [0.25, 0.3) is 0 Å². The largest absolute Gasteiger partial charge is 0.508 e. The second-order valence-corrected chi connectivity index (χ2v) is 11.1. The molecule has 2 unspecified atom stereocenters. The van der Waals surface area contributed by atoms with Crippen molar-refractivity contribution >= 4 is 29.0 Å². The second-order valence-electron chi connectivity index (χ2n) is 11.1. The number of phenols is 2. The number of Topliss-reactive ketones (excluding diaryl/α,β-unsaturated/α-hetero) is 4. The first-order valence-corrected chi connectivity index (χ1v) is 13.1. The van der Waals surface area contributed by atoms with Crippen LogP contribution in [-0.4, -0.2) is 75.0 Å². The lowest BCUT2D eigenvalue weighted by atomic mass is 9.52. The van der Waals surface area contributed by atoms with E-state index in [4.69, 9.17) is 5.73 Å². The highest BCUT2D eigenvalue weighted by molar-refractivity contribution is 6.32. The Hall–Kier alpha value is -3.93. The number of amides is 1. The SMILES string of the molecule is CN(C)[C@@H]1C(=O)C(C(N)=O)C(=O)[C@@]2(O)C(=O)C3C(=O)c4c(O)ccc(CNCc5ccccc5O)c4C[C@H]3C[C@@H]12. The Balaban J connectivity index is 1.51. The quantitative estimate of drug-likeness (QED) is 0.304. The molecular formula is C29H31N3O8. The predicted octanol–water partition coefficient (Wildman–Crippen LogP) is -0.138. The van der Waals surface area contributed by atoms with E-state index in [1.54, 1.807) is 44.4 Å². The molecule has 11 nitrogen and oxygen atoms in total. The molecule has 0 radical (unpaired) electrons. The third kappa shape index (κ3) is 4.04. The summed E-state index contributed by atoms with van der Waals surface area (Å²) in [6, 6.07) is 8.74. The van der Waals surface area contributed by atoms with Crippen LogP contribution in [0.5, 0.6) is 11.5 Å². The molecule has 2 aromatic carbocycles. The number of phenolic OH excluding ortho intramolecular Hbond substituents is 2. The van der Waals surface area contributed by atoms with Crippen molar-refractivity contribution in [3.05, 3.63) is 58.7 Å². The Morgan fingerprint density at radius 3 is 2.33 bits per heavy atom. The van der Waals surface area contributed by atoms with E-state index >= 15 is 0 Å². The zero-order valence-corrected chi connectivity index (χ0v) is 22.1. The average Bonchev–Trinajstić information content (AvgIpc) is 2.88. The minimum atomic E-state index is -2.75. The monoisotopic (exact) mass is 549 g/mol. The standard InChI is InChI=1S/C29H31N3O8/c1-32(2)23-17-10-15-9-16-13(11-31-12-14-5-3-4-6-18(14)33)7-8-19(34)21(16)24(35)20(15)26(37)29(17,40)27(38)22(25(23)36)28(30)39/h3-8,15,17,20,22-23,31,33-34,40H,9-12H2,1-2H3,(H2,30,39)/t15-,17-,20?,22?,23-,29-/m0/s1. The fourth-order valence-electron chi connectivity index (χ4n) is 6.83. The molecule has 1 amide bonds. The third-order valence-corrected chi connectivity index (χ3v) is 8.66. The number of para-hydroxylation sites is 1. The first-order chi connectivity index (χ1) is 18.9. The number of nitrogens with one attached hydrogen (secondary N) is 1. The highest BCUT2D eigenvalue weighted by Gasteiger charge is 2.69. The molecule has 0 bridgehead atoms. The number of fused-ring (bicyclic) bond motifs is 3. The van der Waals surface area contributed by atoms with Crippen molar-refractivity contribution in [2.24, 2.45) is 29.4 Å². The van der Waals surface area contributed by atoms with Crippen molar-refractivity contribution in [2.45, 2.75) is 37.6 Å². The Morgan fingerprint density at radius 2 is 1.68 bits per heavy atom. The van der Waals surface area contributed by atoms with Crippen LogP contribution < -0.4 is 11.1 Å². The Kier molecular flexibility index (Phi) is 6.85. The van der Waals surface area contributed by atoms with E-state index in [1.165, 1.54) is 11.0 Å². The van der Waals surface area contributed by atoms with Crippen LogP contribution in [-0.2, 0) is 38.7 Å². The molecule has 2 fully saturated rings. The van der Waals surface area contributed by atoms with Gasteiger partial charge < -0.3 is 26.4 Å². The number of carbonyl (C=O) groups is 5. The van der Waals surface area contributed by atoms with Gasteiger partial charge in [-0.15, -0.1) is 0 Å². The number of aliphatic hydroxyl groups is 1. The van der Waals surface area contributed by atoms with Gasteiger partial charge >= 0.3 is 0 Å². The molecule has 210 valence electrons. The summed E-state index contributed by atoms with van der Waals surface area (Å²) in [5.74, 6) is -10.6. The van der Waals surface area contributed by atoms with E-state index in [0.29, 0.717) is 29.8 Å². The number of primary amides is 1. The maximum Gasteiger partial charge on any atom is 0.235 e. The van der Waals surface area contributed by atoms with Crippen LogP contribution in [0.3, 0.4) is 0 Å². The van der Waals surface area contributed by atoms with Crippen molar-refractivity contribution in [3.8, 4) is 11.5 Å². The number of rotatable bonds is 6. The van der Waals surface area contributed by atoms with Gasteiger partial charge in [-0.25, -0.2) is 0 Å². The summed E-state index contributed by atoms with van der Waals surface area (Å²) in [4.78, 5) is 67.7. The molecule has 11 heteroatoms. The fraction of sp³-hybridized carbons (Fsp3) is 0.414. The normalized spacial score (nSPS) is 29.6. The number of benzene rings is 2. The Bertz CT molecular complexity index is 1450. The van der Waals surface area contributed by atoms with E-state index in [1.807, 2.05) is 0 Å². The number of hydrogen-bond donors (Lipinski definition) is 5. The molecule has 40 heavy (non-hydrogen) atoms. The van der Waals surface area contributed by atoms with Gasteiger partial charge in [0.2, 0.25) is 5.91 Å². The van der Waals surface area contributed by atoms with Crippen LogP contribution >= 0.6 is 0 Å². The van der Waals surface area contributed by atoms with Gasteiger partial charge in [-0.1, -0.05) is 24.3 Å². The maximum absolute atomic E-state index is 13.9. The first kappa shape index (κ1) is 27.6. The third-order valence-electron chi connectivity index (χ3n) is 8.66. The molecule has 5 rings (SSSR count). The lowest BCUT2D eigenvalue weighted by molar-refractivity contribution is -0.181. The molecular weight excluding hydrogens is 518 g/mol. The van der Waals surface area contributed by atoms with Crippen LogP contribution in [0.4, 0.5) is 0 Å². The van der Waals surface area contributed by atoms with Crippen LogP contribution in [0.2, 0.25) is 0 Å². The zero-order valence-electron chi connectivity index (χ0n) is 22.1. The molecule has 6 atom stereocenters. The first-order valence-electron chi connectivity index (χ1n) is 13.1. The van der Waals surface area contributed by atoms with Crippen molar-refractivity contribution in [3.63, 3.8) is 0 Å². The van der Waals surface area contributed by atoms with E-state index in [0.717, 1.165) is 0 Å². The van der Waals surface area contributed by atoms with Crippen molar-refractivity contribution in [1.29, 1.82) is 0 Å². The average molecular weight is 550 g/mol. The van der Waals surface area contributed by atoms with Crippen molar-refractivity contribution in [1.82, 2.24) is 10.2 Å². The summed E-state index contributed by atoms with van der Waals surface area (Å²) >= 11 is 0. The zero-order chi connectivity index (χ0) is 29.1. The number of nitrogens with two attached hydrogens (primary N) is 1. The molecule has 6 N–H and O–H groups in total. The molecule has 0 heterocycles. The van der Waals surface area contributed by atoms with Crippen molar-refractivity contribution in [2.75, 3.05) is 14.1 Å². The van der Waals surface area contributed by atoms with Crippen LogP contribution in [0, 0.1) is 23.7 Å². The van der Waals surface area contributed by atoms with E-state index in [2.05, 4.69) is 5.32 Å². The second kappa shape index (κ2) is 9.92. The summed E-state index contributed by atoms with van der Waals surface area (Å²) in [5.41, 5.74) is 4.47. The van der Waals surface area contributed by atoms with E-state index in [-0.39, 0.29) is 29.9 Å². The van der Waals surface area contributed by atoms with Gasteiger partial charge in [0.15, 0.2) is 34.7 Å². The van der Waals surface area contributed by atoms with Gasteiger partial charge in [-0.2, -0.15) is 0 Å². The highest BCUT2D eigenvalue weighted by Crippen LogP contribution is 2.51. The predicted molar refractivity (Wildman–Crippen MR) is 140 cm³/mol. The summed E-state index contributed by atoms with van der Waals surface area (Å²) in [6.45, 7) is 0.631. The number of carbonyl (C=O) groups excluding carboxylic acids is 5. The number of aromatic hydroxyl groups is 2. The lowest BCUT2D eigenvalue weighted by Gasteiger charge is -2.52. The Labute approximate surface area is 230 Å². The van der Waals surface area contributed by atoms with Gasteiger partial charge in [0.1, 0.15) is 11.5 Å². The minimum Gasteiger partial charge on any atom is -0.508 e. The molecule has 3 aliphatic rings. The summed E-state index contributed by atoms with van der Waals surface area (Å²) in [7, 11) is 3.09. The number of hydrogen-bond acceptors (Lipinski definition) is 10. The van der Waals surface area contributed by atoms with E-state index in [9.17, 15) is 39.3 Å². The summed E-state index contributed by atoms with van der Waals surface area (Å²) in [5, 5.41) is 35.5. The van der Waals surface area contributed by atoms with Gasteiger partial charge in [-0.05, 0) is 56.1 Å². The molecule has 0 spiro atoms.